The van der Waals surface area contributed by atoms with Crippen molar-refractivity contribution >= 4 is 34.9 Å². The molecule has 0 aromatic carbocycles. The van der Waals surface area contributed by atoms with Crippen LogP contribution in [0.15, 0.2) is 0 Å². The maximum absolute atomic E-state index is 2.52. The molecule has 3 rings (SSSR count). The van der Waals surface area contributed by atoms with E-state index in [0.717, 1.165) is 0 Å². The fraction of sp³-hybridized carbons (Fsp3) is 0.667. The van der Waals surface area contributed by atoms with Crippen LogP contribution in [0.3, 0.4) is 0 Å². The molecule has 0 amide bonds. The smallest absolute Gasteiger partial charge is 0.0603 e. The van der Waals surface area contributed by atoms with Crippen LogP contribution in [-0.4, -0.2) is 29.3 Å². The van der Waals surface area contributed by atoms with E-state index in [0.29, 0.717) is 5.37 Å². The lowest BCUT2D eigenvalue weighted by atomic mass is 10.0. The largest absolute Gasteiger partial charge is 0.290 e. The number of hydrogen-bond donors (Lipinski definition) is 0. The molecule has 1 nitrogen and oxygen atoms in total. The van der Waals surface area contributed by atoms with Crippen LogP contribution in [0, 0.1) is 0 Å². The van der Waals surface area contributed by atoms with E-state index in [1.165, 1.54) is 30.9 Å². The Kier molecular flexibility index (Phi) is 3.26. The summed E-state index contributed by atoms with van der Waals surface area (Å²) in [6.07, 6.45) is 4.80. The van der Waals surface area contributed by atoms with Gasteiger partial charge >= 0.3 is 0 Å². The molecule has 0 aliphatic carbocycles. The summed E-state index contributed by atoms with van der Waals surface area (Å²) in [5.41, 5.74) is 3.40. The van der Waals surface area contributed by atoms with Crippen molar-refractivity contribution in [3.8, 4) is 0 Å². The molecule has 0 spiro atoms. The van der Waals surface area contributed by atoms with Gasteiger partial charge in [-0.05, 0) is 36.6 Å². The van der Waals surface area contributed by atoms with Crippen molar-refractivity contribution in [2.45, 2.75) is 30.5 Å². The Morgan fingerprint density at radius 3 is 3.00 bits per heavy atom. The Morgan fingerprint density at radius 2 is 2.19 bits per heavy atom. The number of hydrogen-bond acceptors (Lipinski definition) is 4. The van der Waals surface area contributed by atoms with E-state index < -0.39 is 0 Å². The first-order chi connectivity index (χ1) is 7.79. The van der Waals surface area contributed by atoms with Crippen LogP contribution in [-0.2, 0) is 25.1 Å². The summed E-state index contributed by atoms with van der Waals surface area (Å²) in [6.45, 7) is 1.18. The molecule has 3 heterocycles. The molecule has 1 aromatic rings. The number of rotatable bonds is 1. The van der Waals surface area contributed by atoms with E-state index in [9.17, 15) is 0 Å². The highest BCUT2D eigenvalue weighted by atomic mass is 32.2. The van der Waals surface area contributed by atoms with Crippen LogP contribution in [0.5, 0.6) is 0 Å². The Bertz CT molecular complexity index is 399. The third-order valence-corrected chi connectivity index (χ3v) is 7.08. The first-order valence-corrected chi connectivity index (χ1v) is 8.98. The normalized spacial score (nSPS) is 25.2. The average Bonchev–Trinajstić information content (AvgIpc) is 2.66. The monoisotopic (exact) mass is 271 g/mol. The number of fused-ring (bicyclic) bond motifs is 3. The molecule has 0 N–H and O–H groups in total. The minimum atomic E-state index is 0.695. The highest BCUT2D eigenvalue weighted by Gasteiger charge is 2.29. The molecule has 0 bridgehead atoms. The van der Waals surface area contributed by atoms with Gasteiger partial charge in [0.2, 0.25) is 0 Å². The zero-order chi connectivity index (χ0) is 11.1. The van der Waals surface area contributed by atoms with Crippen molar-refractivity contribution in [1.82, 2.24) is 4.90 Å². The first-order valence-electron chi connectivity index (χ1n) is 5.72. The van der Waals surface area contributed by atoms with Crippen molar-refractivity contribution in [3.05, 3.63) is 20.9 Å². The van der Waals surface area contributed by atoms with Gasteiger partial charge in [-0.1, -0.05) is 0 Å². The van der Waals surface area contributed by atoms with Crippen molar-refractivity contribution < 1.29 is 0 Å². The Hall–Kier alpha value is 0.360. The first kappa shape index (κ1) is 11.5. The number of thioether (sulfide) groups is 2. The van der Waals surface area contributed by atoms with Crippen LogP contribution in [0.25, 0.3) is 0 Å². The summed E-state index contributed by atoms with van der Waals surface area (Å²) < 4.78 is 0. The Labute approximate surface area is 110 Å². The predicted molar refractivity (Wildman–Crippen MR) is 76.7 cm³/mol. The number of thiophene rings is 1. The quantitative estimate of drug-likeness (QED) is 0.772. The predicted octanol–water partition coefficient (Wildman–Crippen LogP) is 3.21. The summed E-state index contributed by atoms with van der Waals surface area (Å²) in [7, 11) is 2.27. The highest BCUT2D eigenvalue weighted by molar-refractivity contribution is 7.99. The average molecular weight is 271 g/mol. The minimum Gasteiger partial charge on any atom is -0.290 e. The maximum Gasteiger partial charge on any atom is 0.0603 e. The van der Waals surface area contributed by atoms with Gasteiger partial charge in [0.15, 0.2) is 0 Å². The third-order valence-electron chi connectivity index (χ3n) is 3.54. The van der Waals surface area contributed by atoms with Gasteiger partial charge in [0.05, 0.1) is 5.37 Å². The van der Waals surface area contributed by atoms with Gasteiger partial charge in [0.25, 0.3) is 0 Å². The molecule has 2 aliphatic heterocycles. The summed E-state index contributed by atoms with van der Waals surface area (Å²) in [6, 6.07) is 0. The standard InChI is InChI=1S/C12H17NS3/c1-13-6-9-8-3-4-15-7-11(8)16-10(9)5-12(13)14-2/h12H,3-7H2,1-2H3. The van der Waals surface area contributed by atoms with E-state index in [4.69, 9.17) is 0 Å². The highest BCUT2D eigenvalue weighted by Crippen LogP contribution is 2.40. The maximum atomic E-state index is 2.52. The zero-order valence-corrected chi connectivity index (χ0v) is 12.2. The lowest BCUT2D eigenvalue weighted by Crippen LogP contribution is -2.34. The molecule has 0 radical (unpaired) electrons. The van der Waals surface area contributed by atoms with Crippen LogP contribution in [0.1, 0.15) is 20.9 Å². The lowest BCUT2D eigenvalue weighted by Gasteiger charge is -2.31. The third kappa shape index (κ3) is 1.84. The number of nitrogens with zero attached hydrogens (tertiary/aromatic N) is 1. The van der Waals surface area contributed by atoms with Crippen LogP contribution in [0.2, 0.25) is 0 Å². The second-order valence-corrected chi connectivity index (χ2v) is 7.83. The van der Waals surface area contributed by atoms with Crippen LogP contribution >= 0.6 is 34.9 Å². The van der Waals surface area contributed by atoms with Crippen molar-refractivity contribution in [2.75, 3.05) is 19.1 Å². The van der Waals surface area contributed by atoms with Gasteiger partial charge in [-0.15, -0.1) is 23.1 Å². The Balaban J connectivity index is 1.97. The van der Waals surface area contributed by atoms with Crippen molar-refractivity contribution in [2.24, 2.45) is 0 Å². The van der Waals surface area contributed by atoms with Crippen LogP contribution < -0.4 is 0 Å². The van der Waals surface area contributed by atoms with Gasteiger partial charge in [-0.2, -0.15) is 11.8 Å². The van der Waals surface area contributed by atoms with Gasteiger partial charge in [-0.3, -0.25) is 4.90 Å². The van der Waals surface area contributed by atoms with Crippen molar-refractivity contribution in [3.63, 3.8) is 0 Å². The second kappa shape index (κ2) is 4.56. The second-order valence-electron chi connectivity index (χ2n) is 4.52. The SMILES string of the molecule is CSC1Cc2sc3c(c2CN1C)CCSC3. The molecule has 0 saturated heterocycles. The fourth-order valence-corrected chi connectivity index (χ4v) is 6.04. The molecule has 4 heteroatoms. The molecule has 1 atom stereocenters. The van der Waals surface area contributed by atoms with E-state index in [2.05, 4.69) is 41.3 Å². The zero-order valence-electron chi connectivity index (χ0n) is 9.78. The summed E-state index contributed by atoms with van der Waals surface area (Å²) >= 11 is 6.19. The molecule has 16 heavy (non-hydrogen) atoms. The molecule has 1 unspecified atom stereocenters. The summed E-state index contributed by atoms with van der Waals surface area (Å²) in [4.78, 5) is 5.88. The van der Waals surface area contributed by atoms with E-state index >= 15 is 0 Å². The van der Waals surface area contributed by atoms with E-state index in [1.807, 2.05) is 11.8 Å². The van der Waals surface area contributed by atoms with Gasteiger partial charge in [0, 0.05) is 28.5 Å². The van der Waals surface area contributed by atoms with E-state index in [1.54, 1.807) is 20.9 Å². The molecule has 88 valence electrons. The molecule has 1 aromatic heterocycles. The topological polar surface area (TPSA) is 3.24 Å². The molecule has 0 saturated carbocycles. The molecular weight excluding hydrogens is 254 g/mol. The lowest BCUT2D eigenvalue weighted by molar-refractivity contribution is 0.288. The van der Waals surface area contributed by atoms with E-state index in [-0.39, 0.29) is 0 Å². The Morgan fingerprint density at radius 1 is 1.31 bits per heavy atom. The van der Waals surface area contributed by atoms with Gasteiger partial charge in [-0.25, -0.2) is 0 Å². The summed E-state index contributed by atoms with van der Waals surface area (Å²) in [5, 5.41) is 0.695. The number of likely N-dealkylation sites (N-methyl/N-ethyl adjacent to an activating group) is 1. The van der Waals surface area contributed by atoms with Crippen LogP contribution in [0.4, 0.5) is 0 Å². The molecule has 0 fully saturated rings. The summed E-state index contributed by atoms with van der Waals surface area (Å²) in [5.74, 6) is 2.59. The van der Waals surface area contributed by atoms with Crippen molar-refractivity contribution in [1.29, 1.82) is 0 Å². The molecule has 2 aliphatic rings. The van der Waals surface area contributed by atoms with Gasteiger partial charge in [0.1, 0.15) is 0 Å². The minimum absolute atomic E-state index is 0.695. The molecular formula is C12H17NS3. The van der Waals surface area contributed by atoms with Gasteiger partial charge < -0.3 is 0 Å². The fourth-order valence-electron chi connectivity index (χ4n) is 2.63.